The molecule has 0 aromatic heterocycles. The van der Waals surface area contributed by atoms with Gasteiger partial charge in [-0.3, -0.25) is 9.10 Å². The lowest BCUT2D eigenvalue weighted by atomic mass is 10.2. The number of hydrogen-bond donors (Lipinski definition) is 1. The summed E-state index contributed by atoms with van der Waals surface area (Å²) in [6, 6.07) is 12.1. The van der Waals surface area contributed by atoms with Gasteiger partial charge < -0.3 is 24.3 Å². The molecule has 176 valence electrons. The molecule has 2 aromatic rings. The van der Waals surface area contributed by atoms with Crippen LogP contribution in [0.15, 0.2) is 42.5 Å². The normalized spacial score (nSPS) is 10.9. The molecule has 0 heterocycles. The number of benzene rings is 2. The van der Waals surface area contributed by atoms with Crippen molar-refractivity contribution in [1.82, 2.24) is 5.32 Å². The van der Waals surface area contributed by atoms with Crippen LogP contribution in [0.25, 0.3) is 0 Å². The van der Waals surface area contributed by atoms with Crippen LogP contribution in [-0.2, 0) is 14.8 Å². The summed E-state index contributed by atoms with van der Waals surface area (Å²) in [5.74, 6) is 2.13. The number of nitrogens with one attached hydrogen (secondary N) is 1. The molecule has 1 amide bonds. The number of sulfonamides is 1. The summed E-state index contributed by atoms with van der Waals surface area (Å²) < 4.78 is 47.1. The average Bonchev–Trinajstić information content (AvgIpc) is 2.78. The first-order valence-corrected chi connectivity index (χ1v) is 11.9. The molecule has 0 unspecified atom stereocenters. The van der Waals surface area contributed by atoms with E-state index in [0.717, 1.165) is 12.0 Å². The Kier molecular flexibility index (Phi) is 9.45. The minimum Gasteiger partial charge on any atom is -0.497 e. The summed E-state index contributed by atoms with van der Waals surface area (Å²) in [4.78, 5) is 12.1. The standard InChI is InChI=1S/C22H30N2O7S/c1-28-17-7-9-18(10-8-17)31-15-13-23-22(25)6-5-14-24(32(4,26)27)20-16-19(29-2)11-12-21(20)30-3/h7-12,16H,5-6,13-15H2,1-4H3,(H,23,25). The second-order valence-corrected chi connectivity index (χ2v) is 8.76. The van der Waals surface area contributed by atoms with Gasteiger partial charge in [0.15, 0.2) is 0 Å². The van der Waals surface area contributed by atoms with Crippen LogP contribution >= 0.6 is 0 Å². The second kappa shape index (κ2) is 12.0. The number of methoxy groups -OCH3 is 3. The molecule has 0 aliphatic heterocycles. The number of rotatable bonds is 13. The van der Waals surface area contributed by atoms with Gasteiger partial charge in [0.2, 0.25) is 15.9 Å². The quantitative estimate of drug-likeness (QED) is 0.452. The molecule has 2 rings (SSSR count). The number of carbonyl (C=O) groups is 1. The van der Waals surface area contributed by atoms with Gasteiger partial charge in [0.05, 0.1) is 39.8 Å². The van der Waals surface area contributed by atoms with Gasteiger partial charge in [-0.1, -0.05) is 0 Å². The minimum atomic E-state index is -3.59. The first-order valence-electron chi connectivity index (χ1n) is 10.0. The SMILES string of the molecule is COc1ccc(OCCNC(=O)CCCN(c2cc(OC)ccc2OC)S(C)(=O)=O)cc1. The van der Waals surface area contributed by atoms with E-state index >= 15 is 0 Å². The summed E-state index contributed by atoms with van der Waals surface area (Å²) in [7, 11) is 0.963. The lowest BCUT2D eigenvalue weighted by molar-refractivity contribution is -0.121. The van der Waals surface area contributed by atoms with E-state index in [9.17, 15) is 13.2 Å². The van der Waals surface area contributed by atoms with Crippen molar-refractivity contribution in [2.45, 2.75) is 12.8 Å². The van der Waals surface area contributed by atoms with E-state index in [1.54, 1.807) is 49.6 Å². The maximum atomic E-state index is 12.4. The zero-order valence-corrected chi connectivity index (χ0v) is 19.6. The summed E-state index contributed by atoms with van der Waals surface area (Å²) in [5.41, 5.74) is 0.364. The first kappa shape index (κ1) is 25.1. The number of carbonyl (C=O) groups excluding carboxylic acids is 1. The summed E-state index contributed by atoms with van der Waals surface area (Å²) >= 11 is 0. The van der Waals surface area contributed by atoms with Crippen molar-refractivity contribution in [2.75, 3.05) is 51.6 Å². The Morgan fingerprint density at radius 2 is 1.56 bits per heavy atom. The molecular formula is C22H30N2O7S. The van der Waals surface area contributed by atoms with E-state index in [4.69, 9.17) is 18.9 Å². The van der Waals surface area contributed by atoms with Gasteiger partial charge in [0.25, 0.3) is 0 Å². The lowest BCUT2D eigenvalue weighted by Crippen LogP contribution is -2.33. The molecule has 0 saturated heterocycles. The van der Waals surface area contributed by atoms with Gasteiger partial charge in [0, 0.05) is 19.0 Å². The molecule has 0 spiro atoms. The maximum Gasteiger partial charge on any atom is 0.232 e. The Morgan fingerprint density at radius 3 is 2.16 bits per heavy atom. The number of amides is 1. The highest BCUT2D eigenvalue weighted by molar-refractivity contribution is 7.92. The minimum absolute atomic E-state index is 0.123. The zero-order valence-electron chi connectivity index (χ0n) is 18.8. The van der Waals surface area contributed by atoms with E-state index in [2.05, 4.69) is 5.32 Å². The lowest BCUT2D eigenvalue weighted by Gasteiger charge is -2.24. The Morgan fingerprint density at radius 1 is 0.938 bits per heavy atom. The fourth-order valence-electron chi connectivity index (χ4n) is 2.96. The molecule has 1 N–H and O–H groups in total. The number of hydrogen-bond acceptors (Lipinski definition) is 7. The molecule has 2 aromatic carbocycles. The van der Waals surface area contributed by atoms with E-state index < -0.39 is 10.0 Å². The number of nitrogens with zero attached hydrogens (tertiary/aromatic N) is 1. The highest BCUT2D eigenvalue weighted by atomic mass is 32.2. The fraction of sp³-hybridized carbons (Fsp3) is 0.409. The van der Waals surface area contributed by atoms with Gasteiger partial charge in [-0.05, 0) is 42.8 Å². The number of ether oxygens (including phenoxy) is 4. The van der Waals surface area contributed by atoms with Crippen molar-refractivity contribution < 1.29 is 32.2 Å². The zero-order chi connectivity index (χ0) is 23.6. The molecule has 9 nitrogen and oxygen atoms in total. The van der Waals surface area contributed by atoms with Gasteiger partial charge in [-0.2, -0.15) is 0 Å². The van der Waals surface area contributed by atoms with Crippen molar-refractivity contribution in [3.8, 4) is 23.0 Å². The summed E-state index contributed by atoms with van der Waals surface area (Å²) in [6.45, 7) is 0.775. The third kappa shape index (κ3) is 7.52. The van der Waals surface area contributed by atoms with Crippen LogP contribution in [0, 0.1) is 0 Å². The third-order valence-electron chi connectivity index (χ3n) is 4.57. The molecule has 10 heteroatoms. The molecule has 0 fully saturated rings. The van der Waals surface area contributed by atoms with Gasteiger partial charge in [-0.25, -0.2) is 8.42 Å². The topological polar surface area (TPSA) is 103 Å². The predicted molar refractivity (Wildman–Crippen MR) is 122 cm³/mol. The highest BCUT2D eigenvalue weighted by Gasteiger charge is 2.22. The molecular weight excluding hydrogens is 436 g/mol. The van der Waals surface area contributed by atoms with E-state index in [0.29, 0.717) is 42.5 Å². The van der Waals surface area contributed by atoms with Crippen LogP contribution in [0.5, 0.6) is 23.0 Å². The Labute approximate surface area is 189 Å². The van der Waals surface area contributed by atoms with Crippen LogP contribution in [0.3, 0.4) is 0 Å². The second-order valence-electron chi connectivity index (χ2n) is 6.85. The Hall–Kier alpha value is -3.14. The number of anilines is 1. The molecule has 0 atom stereocenters. The van der Waals surface area contributed by atoms with Gasteiger partial charge >= 0.3 is 0 Å². The summed E-state index contributed by atoms with van der Waals surface area (Å²) in [5, 5.41) is 2.77. The van der Waals surface area contributed by atoms with Crippen molar-refractivity contribution in [1.29, 1.82) is 0 Å². The van der Waals surface area contributed by atoms with Crippen molar-refractivity contribution >= 4 is 21.6 Å². The predicted octanol–water partition coefficient (Wildman–Crippen LogP) is 2.45. The molecule has 0 aliphatic rings. The summed E-state index contributed by atoms with van der Waals surface area (Å²) in [6.07, 6.45) is 1.61. The van der Waals surface area contributed by atoms with E-state index in [-0.39, 0.29) is 18.9 Å². The monoisotopic (exact) mass is 466 g/mol. The van der Waals surface area contributed by atoms with Crippen molar-refractivity contribution in [2.24, 2.45) is 0 Å². The van der Waals surface area contributed by atoms with Crippen LogP contribution < -0.4 is 28.6 Å². The third-order valence-corrected chi connectivity index (χ3v) is 5.75. The molecule has 0 saturated carbocycles. The smallest absolute Gasteiger partial charge is 0.232 e. The van der Waals surface area contributed by atoms with Crippen LogP contribution in [0.1, 0.15) is 12.8 Å². The van der Waals surface area contributed by atoms with E-state index in [1.165, 1.54) is 18.5 Å². The molecule has 0 bridgehead atoms. The maximum absolute atomic E-state index is 12.4. The highest BCUT2D eigenvalue weighted by Crippen LogP contribution is 2.33. The largest absolute Gasteiger partial charge is 0.497 e. The van der Waals surface area contributed by atoms with Crippen LogP contribution in [0.2, 0.25) is 0 Å². The average molecular weight is 467 g/mol. The van der Waals surface area contributed by atoms with Crippen molar-refractivity contribution in [3.63, 3.8) is 0 Å². The van der Waals surface area contributed by atoms with Gasteiger partial charge in [0.1, 0.15) is 29.6 Å². The molecule has 0 radical (unpaired) electrons. The molecule has 32 heavy (non-hydrogen) atoms. The Bertz CT molecular complexity index is 978. The van der Waals surface area contributed by atoms with Crippen LogP contribution in [0.4, 0.5) is 5.69 Å². The fourth-order valence-corrected chi connectivity index (χ4v) is 3.92. The van der Waals surface area contributed by atoms with Crippen LogP contribution in [-0.4, -0.2) is 61.6 Å². The van der Waals surface area contributed by atoms with Crippen molar-refractivity contribution in [3.05, 3.63) is 42.5 Å². The Balaban J connectivity index is 1.84. The van der Waals surface area contributed by atoms with E-state index in [1.807, 2.05) is 0 Å². The molecule has 0 aliphatic carbocycles. The van der Waals surface area contributed by atoms with Gasteiger partial charge in [-0.15, -0.1) is 0 Å². The first-order chi connectivity index (χ1) is 15.3.